The highest BCUT2D eigenvalue weighted by molar-refractivity contribution is 6.37. The summed E-state index contributed by atoms with van der Waals surface area (Å²) in [6.45, 7) is 0. The van der Waals surface area contributed by atoms with Crippen molar-refractivity contribution in [3.05, 3.63) is 78.5 Å². The molecule has 0 radical (unpaired) electrons. The van der Waals surface area contributed by atoms with E-state index in [0.717, 1.165) is 4.68 Å². The number of nitrogens with zero attached hydrogens (tertiary/aromatic N) is 3. The maximum atomic E-state index is 12.0. The maximum absolute atomic E-state index is 12.0. The summed E-state index contributed by atoms with van der Waals surface area (Å²) in [5, 5.41) is 5.20. The molecule has 0 aliphatic rings. The fourth-order valence-electron chi connectivity index (χ4n) is 2.63. The van der Waals surface area contributed by atoms with Crippen molar-refractivity contribution in [3.8, 4) is 17.2 Å². The summed E-state index contributed by atoms with van der Waals surface area (Å²) < 4.78 is 6.70. The molecule has 0 saturated heterocycles. The zero-order valence-corrected chi connectivity index (χ0v) is 16.6. The van der Waals surface area contributed by atoms with Crippen molar-refractivity contribution in [1.29, 1.82) is 0 Å². The van der Waals surface area contributed by atoms with Crippen LogP contribution in [0, 0.1) is 0 Å². The van der Waals surface area contributed by atoms with E-state index in [-0.39, 0.29) is 27.3 Å². The second-order valence-corrected chi connectivity index (χ2v) is 7.09. The number of aromatic amines is 1. The summed E-state index contributed by atoms with van der Waals surface area (Å²) in [4.78, 5) is 29.7. The number of nitrogen functional groups attached to an aromatic ring is 1. The Labute approximate surface area is 177 Å². The Morgan fingerprint density at radius 1 is 1.00 bits per heavy atom. The average molecular weight is 451 g/mol. The van der Waals surface area contributed by atoms with Crippen LogP contribution in [-0.2, 0) is 0 Å². The van der Waals surface area contributed by atoms with Gasteiger partial charge >= 0.3 is 5.69 Å². The fourth-order valence-corrected chi connectivity index (χ4v) is 3.39. The number of rotatable bonds is 3. The largest absolute Gasteiger partial charge is 0.454 e. The number of ether oxygens (including phenoxy) is 1. The number of H-pyrrole nitrogens is 1. The van der Waals surface area contributed by atoms with E-state index in [9.17, 15) is 9.59 Å². The second kappa shape index (κ2) is 7.40. The molecule has 4 aromatic rings. The molecule has 0 fully saturated rings. The molecular formula is C18H10Cl3N5O3. The van der Waals surface area contributed by atoms with Crippen LogP contribution < -0.4 is 21.7 Å². The van der Waals surface area contributed by atoms with Crippen molar-refractivity contribution in [2.75, 3.05) is 5.73 Å². The average Bonchev–Trinajstić information content (AvgIpc) is 2.68. The highest BCUT2D eigenvalue weighted by Crippen LogP contribution is 2.39. The lowest BCUT2D eigenvalue weighted by molar-refractivity contribution is 0.483. The zero-order chi connectivity index (χ0) is 20.7. The van der Waals surface area contributed by atoms with Gasteiger partial charge in [-0.1, -0.05) is 34.8 Å². The third kappa shape index (κ3) is 3.65. The standard InChI is InChI=1S/C18H10Cl3N5O3/c19-11-3-4-23-14-2-1-9(7-10(11)14)29-15-12(20)5-8(6-13(15)21)26-18(28)24-17(27)16(22)25-26/h1-7H,(H2,22,25)(H,24,27,28). The molecule has 29 heavy (non-hydrogen) atoms. The molecule has 0 spiro atoms. The molecule has 2 aromatic heterocycles. The van der Waals surface area contributed by atoms with Crippen LogP contribution in [0.15, 0.2) is 52.2 Å². The highest BCUT2D eigenvalue weighted by Gasteiger charge is 2.15. The number of nitrogens with one attached hydrogen (secondary N) is 1. The number of pyridine rings is 1. The van der Waals surface area contributed by atoms with Crippen molar-refractivity contribution in [2.45, 2.75) is 0 Å². The number of hydrogen-bond acceptors (Lipinski definition) is 6. The predicted octanol–water partition coefficient (Wildman–Crippen LogP) is 3.80. The van der Waals surface area contributed by atoms with E-state index in [0.29, 0.717) is 21.7 Å². The van der Waals surface area contributed by atoms with Crippen molar-refractivity contribution in [2.24, 2.45) is 0 Å². The zero-order valence-electron chi connectivity index (χ0n) is 14.3. The van der Waals surface area contributed by atoms with E-state index >= 15 is 0 Å². The minimum absolute atomic E-state index is 0.114. The predicted molar refractivity (Wildman–Crippen MR) is 112 cm³/mol. The van der Waals surface area contributed by atoms with Gasteiger partial charge in [-0.3, -0.25) is 14.8 Å². The van der Waals surface area contributed by atoms with Gasteiger partial charge in [0.25, 0.3) is 5.56 Å². The third-order valence-corrected chi connectivity index (χ3v) is 4.85. The lowest BCUT2D eigenvalue weighted by atomic mass is 10.2. The number of fused-ring (bicyclic) bond motifs is 1. The Balaban J connectivity index is 1.75. The van der Waals surface area contributed by atoms with Gasteiger partial charge in [-0.2, -0.15) is 4.68 Å². The SMILES string of the molecule is Nc1nn(-c2cc(Cl)c(Oc3ccc4nccc(Cl)c4c3)c(Cl)c2)c(=O)[nH]c1=O. The molecule has 0 amide bonds. The summed E-state index contributed by atoms with van der Waals surface area (Å²) in [5.74, 6) is 0.230. The molecule has 146 valence electrons. The second-order valence-electron chi connectivity index (χ2n) is 5.87. The summed E-state index contributed by atoms with van der Waals surface area (Å²) >= 11 is 18.8. The molecule has 0 saturated carbocycles. The normalized spacial score (nSPS) is 11.0. The van der Waals surface area contributed by atoms with Gasteiger partial charge in [0, 0.05) is 11.6 Å². The van der Waals surface area contributed by atoms with Gasteiger partial charge < -0.3 is 10.5 Å². The smallest absolute Gasteiger partial charge is 0.349 e. The summed E-state index contributed by atoms with van der Waals surface area (Å²) in [6.07, 6.45) is 1.61. The molecule has 2 aromatic carbocycles. The van der Waals surface area contributed by atoms with E-state index in [1.165, 1.54) is 12.1 Å². The Morgan fingerprint density at radius 3 is 2.45 bits per heavy atom. The molecule has 8 nitrogen and oxygen atoms in total. The number of anilines is 1. The van der Waals surface area contributed by atoms with Crippen molar-refractivity contribution < 1.29 is 4.74 Å². The summed E-state index contributed by atoms with van der Waals surface area (Å²) in [5.41, 5.74) is 4.80. The van der Waals surface area contributed by atoms with Crippen molar-refractivity contribution in [3.63, 3.8) is 0 Å². The highest BCUT2D eigenvalue weighted by atomic mass is 35.5. The Kier molecular flexibility index (Phi) is 4.91. The Hall–Kier alpha value is -3.07. The van der Waals surface area contributed by atoms with E-state index in [4.69, 9.17) is 45.3 Å². The fraction of sp³-hybridized carbons (Fsp3) is 0. The van der Waals surface area contributed by atoms with Gasteiger partial charge in [0.1, 0.15) is 5.75 Å². The molecule has 4 rings (SSSR count). The molecular weight excluding hydrogens is 441 g/mol. The van der Waals surface area contributed by atoms with Gasteiger partial charge in [0.2, 0.25) is 5.82 Å². The molecule has 11 heteroatoms. The quantitative estimate of drug-likeness (QED) is 0.490. The van der Waals surface area contributed by atoms with Crippen LogP contribution in [0.3, 0.4) is 0 Å². The lowest BCUT2D eigenvalue weighted by Gasteiger charge is -2.13. The van der Waals surface area contributed by atoms with Crippen LogP contribution in [0.25, 0.3) is 16.6 Å². The first-order valence-electron chi connectivity index (χ1n) is 8.04. The van der Waals surface area contributed by atoms with Crippen LogP contribution in [-0.4, -0.2) is 19.7 Å². The minimum Gasteiger partial charge on any atom is -0.454 e. The molecule has 0 unspecified atom stereocenters. The van der Waals surface area contributed by atoms with Crippen LogP contribution in [0.4, 0.5) is 5.82 Å². The molecule has 0 bridgehead atoms. The van der Waals surface area contributed by atoms with Crippen LogP contribution in [0.1, 0.15) is 0 Å². The number of aromatic nitrogens is 4. The molecule has 0 atom stereocenters. The monoisotopic (exact) mass is 449 g/mol. The number of nitrogens with two attached hydrogens (primary N) is 1. The number of benzene rings is 2. The van der Waals surface area contributed by atoms with Gasteiger partial charge in [-0.25, -0.2) is 4.79 Å². The first kappa shape index (κ1) is 19.3. The molecule has 2 heterocycles. The minimum atomic E-state index is -0.790. The van der Waals surface area contributed by atoms with Gasteiger partial charge in [-0.15, -0.1) is 5.10 Å². The number of halogens is 3. The topological polar surface area (TPSA) is 116 Å². The Morgan fingerprint density at radius 2 is 1.72 bits per heavy atom. The number of hydrogen-bond donors (Lipinski definition) is 2. The van der Waals surface area contributed by atoms with Crippen LogP contribution >= 0.6 is 34.8 Å². The summed E-state index contributed by atoms with van der Waals surface area (Å²) in [6, 6.07) is 9.64. The van der Waals surface area contributed by atoms with Gasteiger partial charge in [0.05, 0.1) is 26.3 Å². The van der Waals surface area contributed by atoms with E-state index in [2.05, 4.69) is 10.1 Å². The van der Waals surface area contributed by atoms with Crippen molar-refractivity contribution in [1.82, 2.24) is 19.7 Å². The van der Waals surface area contributed by atoms with E-state index in [1.54, 1.807) is 30.5 Å². The molecule has 0 aliphatic heterocycles. The van der Waals surface area contributed by atoms with Crippen LogP contribution in [0.2, 0.25) is 15.1 Å². The van der Waals surface area contributed by atoms with Gasteiger partial charge in [-0.05, 0) is 36.4 Å². The Bertz CT molecular complexity index is 1360. The molecule has 0 aliphatic carbocycles. The lowest BCUT2D eigenvalue weighted by Crippen LogP contribution is -2.33. The van der Waals surface area contributed by atoms with Crippen molar-refractivity contribution >= 4 is 51.5 Å². The third-order valence-electron chi connectivity index (χ3n) is 3.96. The van der Waals surface area contributed by atoms with E-state index < -0.39 is 11.2 Å². The van der Waals surface area contributed by atoms with Crippen LogP contribution in [0.5, 0.6) is 11.5 Å². The first-order valence-corrected chi connectivity index (χ1v) is 9.17. The van der Waals surface area contributed by atoms with Gasteiger partial charge in [0.15, 0.2) is 5.75 Å². The van der Waals surface area contributed by atoms with E-state index in [1.807, 2.05) is 4.98 Å². The molecule has 3 N–H and O–H groups in total. The maximum Gasteiger partial charge on any atom is 0.349 e. The first-order chi connectivity index (χ1) is 13.8. The summed E-state index contributed by atoms with van der Waals surface area (Å²) in [7, 11) is 0.